The lowest BCUT2D eigenvalue weighted by atomic mass is 10.0. The number of halogens is 1. The number of ether oxygens (including phenoxy) is 2. The van der Waals surface area contributed by atoms with Crippen molar-refractivity contribution in [3.63, 3.8) is 0 Å². The number of ketones is 1. The van der Waals surface area contributed by atoms with Gasteiger partial charge in [0.05, 0.1) is 12.1 Å². The van der Waals surface area contributed by atoms with Crippen LogP contribution in [0, 0.1) is 6.92 Å². The zero-order valence-corrected chi connectivity index (χ0v) is 20.1. The first-order chi connectivity index (χ1) is 17.9. The summed E-state index contributed by atoms with van der Waals surface area (Å²) in [5.41, 5.74) is 3.38. The molecule has 0 spiro atoms. The third-order valence-corrected chi connectivity index (χ3v) is 5.59. The molecule has 11 heteroatoms. The van der Waals surface area contributed by atoms with Crippen LogP contribution >= 0.6 is 0 Å². The molecule has 0 aliphatic carbocycles. The number of carbonyl (C=O) groups excluding carboxylic acids is 1. The van der Waals surface area contributed by atoms with Gasteiger partial charge in [-0.15, -0.1) is 10.2 Å². The number of hydrogen-bond acceptors (Lipinski definition) is 9. The number of fused-ring (bicyclic) bond motifs is 2. The van der Waals surface area contributed by atoms with Crippen molar-refractivity contribution in [2.24, 2.45) is 0 Å². The molecule has 0 fully saturated rings. The van der Waals surface area contributed by atoms with Crippen molar-refractivity contribution < 1.29 is 18.7 Å². The lowest BCUT2D eigenvalue weighted by Gasteiger charge is -2.14. The third-order valence-electron chi connectivity index (χ3n) is 5.59. The summed E-state index contributed by atoms with van der Waals surface area (Å²) in [5, 5.41) is 11.8. The molecule has 0 bridgehead atoms. The van der Waals surface area contributed by atoms with Gasteiger partial charge in [0.1, 0.15) is 36.3 Å². The Labute approximate surface area is 210 Å². The first kappa shape index (κ1) is 23.8. The van der Waals surface area contributed by atoms with E-state index in [9.17, 15) is 9.18 Å². The van der Waals surface area contributed by atoms with Crippen LogP contribution in [0.25, 0.3) is 16.6 Å². The van der Waals surface area contributed by atoms with Gasteiger partial charge in [0, 0.05) is 35.2 Å². The smallest absolute Gasteiger partial charge is 0.224 e. The molecule has 10 nitrogen and oxygen atoms in total. The number of nitrogens with one attached hydrogen (secondary N) is 1. The van der Waals surface area contributed by atoms with E-state index >= 15 is 0 Å². The maximum Gasteiger partial charge on any atom is 0.224 e. The van der Waals surface area contributed by atoms with Crippen molar-refractivity contribution in [2.75, 3.05) is 11.9 Å². The Kier molecular flexibility index (Phi) is 6.42. The summed E-state index contributed by atoms with van der Waals surface area (Å²) in [6.07, 6.45) is 4.39. The molecule has 0 saturated carbocycles. The molecule has 3 aromatic heterocycles. The zero-order valence-electron chi connectivity index (χ0n) is 20.1. The van der Waals surface area contributed by atoms with E-state index in [4.69, 9.17) is 9.47 Å². The Morgan fingerprint density at radius 3 is 2.76 bits per heavy atom. The van der Waals surface area contributed by atoms with Gasteiger partial charge < -0.3 is 14.8 Å². The number of aromatic nitrogens is 6. The van der Waals surface area contributed by atoms with Crippen LogP contribution < -0.4 is 14.8 Å². The molecular weight excluding hydrogens is 477 g/mol. The number of benzene rings is 2. The van der Waals surface area contributed by atoms with Crippen molar-refractivity contribution in [1.29, 1.82) is 0 Å². The molecule has 0 unspecified atom stereocenters. The highest BCUT2D eigenvalue weighted by molar-refractivity contribution is 5.97. The molecule has 0 radical (unpaired) electrons. The van der Waals surface area contributed by atoms with E-state index in [1.165, 1.54) is 6.33 Å². The number of hydrogen-bond donors (Lipinski definition) is 1. The van der Waals surface area contributed by atoms with Crippen molar-refractivity contribution in [1.82, 2.24) is 29.5 Å². The van der Waals surface area contributed by atoms with E-state index in [1.807, 2.05) is 32.0 Å². The number of carbonyl (C=O) groups is 1. The van der Waals surface area contributed by atoms with E-state index < -0.39 is 11.6 Å². The van der Waals surface area contributed by atoms with Crippen LogP contribution in [0.5, 0.6) is 17.4 Å². The monoisotopic (exact) mass is 499 g/mol. The number of anilines is 2. The van der Waals surface area contributed by atoms with Gasteiger partial charge in [0.25, 0.3) is 0 Å². The van der Waals surface area contributed by atoms with Crippen LogP contribution in [0.15, 0.2) is 67.8 Å². The third kappa shape index (κ3) is 5.06. The molecule has 0 aliphatic rings. The largest absolute Gasteiger partial charge is 0.494 e. The van der Waals surface area contributed by atoms with E-state index in [0.717, 1.165) is 11.3 Å². The van der Waals surface area contributed by atoms with Gasteiger partial charge in [-0.2, -0.15) is 0 Å². The Morgan fingerprint density at radius 2 is 1.97 bits per heavy atom. The normalized spacial score (nSPS) is 11.0. The number of Topliss-reactive ketones (excluding diaryl/α,β-unsaturated/α-hetero) is 1. The fourth-order valence-corrected chi connectivity index (χ4v) is 3.78. The number of aryl methyl sites for hydroxylation is 1. The second-order valence-electron chi connectivity index (χ2n) is 8.17. The minimum Gasteiger partial charge on any atom is -0.494 e. The minimum absolute atomic E-state index is 0.186. The second-order valence-corrected chi connectivity index (χ2v) is 8.17. The van der Waals surface area contributed by atoms with Crippen LogP contribution in [-0.4, -0.2) is 41.9 Å². The fraction of sp³-hybridized carbons (Fsp3) is 0.154. The molecule has 37 heavy (non-hydrogen) atoms. The summed E-state index contributed by atoms with van der Waals surface area (Å²) >= 11 is 0. The standard InChI is InChI=1S/C26H22FN7O3/c1-4-36-23-10-20-19(8-17(23)9-21(35)16(3)27)26(29-12-28-20)32-18-5-6-22(15(2)7-18)37-25-11-24-33-31-14-34(24)13-30-25/h5-8,10-14H,3-4,9H2,1-2H3,(H,28,29,32). The number of rotatable bonds is 9. The maximum atomic E-state index is 13.4. The van der Waals surface area contributed by atoms with Crippen molar-refractivity contribution in [3.05, 3.63) is 78.9 Å². The van der Waals surface area contributed by atoms with E-state index in [-0.39, 0.29) is 6.42 Å². The maximum absolute atomic E-state index is 13.4. The van der Waals surface area contributed by atoms with Gasteiger partial charge >= 0.3 is 0 Å². The van der Waals surface area contributed by atoms with Crippen molar-refractivity contribution in [3.8, 4) is 17.4 Å². The lowest BCUT2D eigenvalue weighted by Crippen LogP contribution is -2.06. The highest BCUT2D eigenvalue weighted by Crippen LogP contribution is 2.32. The predicted molar refractivity (Wildman–Crippen MR) is 135 cm³/mol. The average molecular weight is 500 g/mol. The summed E-state index contributed by atoms with van der Waals surface area (Å²) in [6.45, 7) is 7.23. The SMILES string of the molecule is C=C(F)C(=O)Cc1cc2c(Nc3ccc(Oc4cc5nncn5cn4)c(C)c3)ncnc2cc1OCC. The molecule has 1 N–H and O–H groups in total. The van der Waals surface area contributed by atoms with Crippen LogP contribution in [0.1, 0.15) is 18.1 Å². The van der Waals surface area contributed by atoms with Crippen molar-refractivity contribution >= 4 is 33.8 Å². The zero-order chi connectivity index (χ0) is 25.9. The molecule has 0 saturated heterocycles. The summed E-state index contributed by atoms with van der Waals surface area (Å²) in [7, 11) is 0. The van der Waals surface area contributed by atoms with Crippen LogP contribution in [-0.2, 0) is 11.2 Å². The molecule has 0 aliphatic heterocycles. The van der Waals surface area contributed by atoms with E-state index in [0.29, 0.717) is 51.9 Å². The van der Waals surface area contributed by atoms with Crippen molar-refractivity contribution in [2.45, 2.75) is 20.3 Å². The molecule has 186 valence electrons. The van der Waals surface area contributed by atoms with Gasteiger partial charge in [-0.25, -0.2) is 19.3 Å². The second kappa shape index (κ2) is 9.97. The molecular formula is C26H22FN7O3. The number of nitrogens with zero attached hydrogens (tertiary/aromatic N) is 6. The molecule has 5 rings (SSSR count). The van der Waals surface area contributed by atoms with Crippen LogP contribution in [0.3, 0.4) is 0 Å². The fourth-order valence-electron chi connectivity index (χ4n) is 3.78. The highest BCUT2D eigenvalue weighted by Gasteiger charge is 2.16. The Bertz CT molecular complexity index is 1650. The highest BCUT2D eigenvalue weighted by atomic mass is 19.1. The van der Waals surface area contributed by atoms with Gasteiger partial charge in [-0.3, -0.25) is 9.20 Å². The van der Waals surface area contributed by atoms with E-state index in [2.05, 4.69) is 37.0 Å². The Balaban J connectivity index is 1.43. The van der Waals surface area contributed by atoms with Gasteiger partial charge in [0.2, 0.25) is 5.88 Å². The van der Waals surface area contributed by atoms with Crippen LogP contribution in [0.4, 0.5) is 15.9 Å². The summed E-state index contributed by atoms with van der Waals surface area (Å²) in [4.78, 5) is 25.0. The summed E-state index contributed by atoms with van der Waals surface area (Å²) in [5.74, 6) is 0.296. The Morgan fingerprint density at radius 1 is 1.11 bits per heavy atom. The Hall–Kier alpha value is -4.93. The molecule has 3 heterocycles. The minimum atomic E-state index is -1.00. The average Bonchev–Trinajstić information content (AvgIpc) is 3.34. The van der Waals surface area contributed by atoms with Gasteiger partial charge in [0.15, 0.2) is 17.3 Å². The molecule has 0 amide bonds. The van der Waals surface area contributed by atoms with E-state index in [1.54, 1.807) is 35.3 Å². The first-order valence-corrected chi connectivity index (χ1v) is 11.4. The lowest BCUT2D eigenvalue weighted by molar-refractivity contribution is -0.116. The topological polar surface area (TPSA) is 116 Å². The molecule has 0 atom stereocenters. The van der Waals surface area contributed by atoms with Crippen LogP contribution in [0.2, 0.25) is 0 Å². The predicted octanol–water partition coefficient (Wildman–Crippen LogP) is 4.91. The number of allylic oxidation sites excluding steroid dienone is 1. The molecule has 2 aromatic carbocycles. The summed E-state index contributed by atoms with van der Waals surface area (Å²) < 4.78 is 26.7. The quantitative estimate of drug-likeness (QED) is 0.283. The van der Waals surface area contributed by atoms with Gasteiger partial charge in [-0.05, 0) is 43.7 Å². The summed E-state index contributed by atoms with van der Waals surface area (Å²) in [6, 6.07) is 10.7. The first-order valence-electron chi connectivity index (χ1n) is 11.4. The van der Waals surface area contributed by atoms with Gasteiger partial charge in [-0.1, -0.05) is 6.58 Å². The molecule has 5 aromatic rings.